The van der Waals surface area contributed by atoms with Crippen molar-refractivity contribution in [2.45, 2.75) is 69.2 Å². The number of carbonyl (C=O) groups is 3. The molecule has 3 aromatic carbocycles. The fraction of sp³-hybridized carbons (Fsp3) is 0.303. The highest BCUT2D eigenvalue weighted by Crippen LogP contribution is 2.39. The van der Waals surface area contributed by atoms with Crippen molar-refractivity contribution in [3.8, 4) is 0 Å². The zero-order valence-electron chi connectivity index (χ0n) is 25.9. The number of benzene rings is 3. The number of ketones is 1. The van der Waals surface area contributed by atoms with E-state index >= 15 is 0 Å². The molecule has 0 saturated carbocycles. The van der Waals surface area contributed by atoms with Crippen LogP contribution >= 0.6 is 0 Å². The fourth-order valence-electron chi connectivity index (χ4n) is 5.05. The van der Waals surface area contributed by atoms with Crippen molar-refractivity contribution in [1.29, 1.82) is 0 Å². The number of nitrogens with two attached hydrogens (primary N) is 2. The quantitative estimate of drug-likeness (QED) is 0.0425. The summed E-state index contributed by atoms with van der Waals surface area (Å²) in [4.78, 5) is 39.4. The van der Waals surface area contributed by atoms with E-state index in [-0.39, 0.29) is 17.7 Å². The Kier molecular flexibility index (Phi) is 13.8. The zero-order chi connectivity index (χ0) is 33.8. The number of hydrogen-bond donors (Lipinski definition) is 6. The second-order valence-corrected chi connectivity index (χ2v) is 12.2. The Morgan fingerprint density at radius 2 is 1.58 bits per heavy atom. The van der Waals surface area contributed by atoms with Gasteiger partial charge in [0.2, 0.25) is 0 Å². The Morgan fingerprint density at radius 3 is 2.09 bits per heavy atom. The second-order valence-electron chi connectivity index (χ2n) is 10.7. The van der Waals surface area contributed by atoms with E-state index in [1.54, 1.807) is 35.8 Å². The minimum atomic E-state index is -4.02. The molecule has 0 unspecified atom stereocenters. The minimum absolute atomic E-state index is 0.0666. The predicted molar refractivity (Wildman–Crippen MR) is 173 cm³/mol. The van der Waals surface area contributed by atoms with Gasteiger partial charge in [-0.05, 0) is 62.4 Å². The van der Waals surface area contributed by atoms with Crippen molar-refractivity contribution in [3.05, 3.63) is 107 Å². The van der Waals surface area contributed by atoms with Crippen LogP contribution < -0.4 is 22.5 Å². The highest BCUT2D eigenvalue weighted by atomic mass is 32.2. The molecule has 11 nitrogen and oxygen atoms in total. The normalized spacial score (nSPS) is 14.0. The summed E-state index contributed by atoms with van der Waals surface area (Å²) in [7, 11) is -4.02. The summed E-state index contributed by atoms with van der Waals surface area (Å²) < 4.78 is 29.6. The van der Waals surface area contributed by atoms with Gasteiger partial charge in [-0.15, -0.1) is 0 Å². The molecule has 2 amide bonds. The van der Waals surface area contributed by atoms with Crippen LogP contribution in [0.25, 0.3) is 6.08 Å². The molecule has 0 heterocycles. The predicted octanol–water partition coefficient (Wildman–Crippen LogP) is 3.87. The minimum Gasteiger partial charge on any atom is -0.322 e. The van der Waals surface area contributed by atoms with Crippen molar-refractivity contribution in [1.82, 2.24) is 10.9 Å². The lowest BCUT2D eigenvalue weighted by Gasteiger charge is -2.35. The second kappa shape index (κ2) is 16.8. The number of amides is 2. The molecule has 3 atom stereocenters. The third-order valence-corrected chi connectivity index (χ3v) is 8.12. The average molecular weight is 639 g/mol. The number of rotatable bonds is 12. The number of hydroxylamine groups is 1. The summed E-state index contributed by atoms with van der Waals surface area (Å²) in [5.74, 6) is 2.81. The molecule has 0 radical (unpaired) electrons. The van der Waals surface area contributed by atoms with Gasteiger partial charge in [0, 0.05) is 0 Å². The summed E-state index contributed by atoms with van der Waals surface area (Å²) in [5.41, 5.74) is 11.7. The Bertz CT molecular complexity index is 1590. The van der Waals surface area contributed by atoms with Gasteiger partial charge in [0.05, 0.1) is 16.9 Å². The van der Waals surface area contributed by atoms with Crippen LogP contribution in [0.4, 0.5) is 0 Å². The van der Waals surface area contributed by atoms with E-state index in [1.165, 1.54) is 19.1 Å². The van der Waals surface area contributed by atoms with Gasteiger partial charge in [0.25, 0.3) is 21.9 Å². The first-order valence-corrected chi connectivity index (χ1v) is 15.8. The van der Waals surface area contributed by atoms with Crippen LogP contribution in [0.2, 0.25) is 0 Å². The maximum absolute atomic E-state index is 13.4. The lowest BCUT2D eigenvalue weighted by atomic mass is 9.67. The average Bonchev–Trinajstić information content (AvgIpc) is 3.01. The molecular formula is C33H42N4O7S. The molecule has 0 aliphatic carbocycles. The fourth-order valence-corrected chi connectivity index (χ4v) is 5.53. The van der Waals surface area contributed by atoms with Gasteiger partial charge in [-0.2, -0.15) is 8.42 Å². The molecule has 45 heavy (non-hydrogen) atoms. The molecule has 3 rings (SSSR count). The molecule has 0 fully saturated rings. The lowest BCUT2D eigenvalue weighted by Crippen LogP contribution is -2.57. The molecule has 12 heteroatoms. The van der Waals surface area contributed by atoms with E-state index < -0.39 is 45.1 Å². The van der Waals surface area contributed by atoms with Crippen molar-refractivity contribution in [3.63, 3.8) is 0 Å². The van der Waals surface area contributed by atoms with Gasteiger partial charge in [0.15, 0.2) is 5.78 Å². The van der Waals surface area contributed by atoms with Gasteiger partial charge in [-0.25, -0.2) is 11.3 Å². The van der Waals surface area contributed by atoms with Crippen LogP contribution in [-0.2, 0) is 29.9 Å². The molecule has 0 saturated heterocycles. The molecule has 0 aromatic heterocycles. The van der Waals surface area contributed by atoms with E-state index in [0.717, 1.165) is 16.7 Å². The molecular weight excluding hydrogens is 596 g/mol. The summed E-state index contributed by atoms with van der Waals surface area (Å²) in [6.45, 7) is 7.05. The SMILES string of the molecule is CCC[C@](C(=O)NN)(C(=O)[C@H](C)N)c1ccc(C)cc1[C@H](C/C=C/c1ccccc1)C(=O)NO.Cc1ccc(S(=O)(=O)O)cc1. The van der Waals surface area contributed by atoms with Gasteiger partial charge < -0.3 is 5.73 Å². The summed E-state index contributed by atoms with van der Waals surface area (Å²) in [6, 6.07) is 19.8. The first-order chi connectivity index (χ1) is 21.2. The molecule has 0 aliphatic heterocycles. The Morgan fingerprint density at radius 1 is 0.978 bits per heavy atom. The van der Waals surface area contributed by atoms with E-state index in [1.807, 2.05) is 63.3 Å². The molecule has 3 aromatic rings. The number of aryl methyl sites for hydroxylation is 2. The topological polar surface area (TPSA) is 202 Å². The molecule has 0 spiro atoms. The molecule has 242 valence electrons. The Hall–Kier alpha value is -4.20. The van der Waals surface area contributed by atoms with E-state index in [2.05, 4.69) is 5.43 Å². The van der Waals surface area contributed by atoms with Gasteiger partial charge in [0.1, 0.15) is 5.41 Å². The lowest BCUT2D eigenvalue weighted by molar-refractivity contribution is -0.138. The highest BCUT2D eigenvalue weighted by molar-refractivity contribution is 7.85. The van der Waals surface area contributed by atoms with E-state index in [0.29, 0.717) is 17.5 Å². The van der Waals surface area contributed by atoms with Gasteiger partial charge in [-0.1, -0.05) is 97.3 Å². The number of allylic oxidation sites excluding steroid dienone is 1. The van der Waals surface area contributed by atoms with Gasteiger partial charge in [-0.3, -0.25) is 29.6 Å². The summed E-state index contributed by atoms with van der Waals surface area (Å²) in [5, 5.41) is 9.49. The number of carbonyl (C=O) groups excluding carboxylic acids is 3. The zero-order valence-corrected chi connectivity index (χ0v) is 26.7. The number of hydrazine groups is 1. The summed E-state index contributed by atoms with van der Waals surface area (Å²) in [6.07, 6.45) is 4.55. The van der Waals surface area contributed by atoms with Crippen LogP contribution in [0.5, 0.6) is 0 Å². The van der Waals surface area contributed by atoms with Crippen molar-refractivity contribution < 1.29 is 32.6 Å². The number of Topliss-reactive ketones (excluding diaryl/α,β-unsaturated/α-hetero) is 1. The maximum Gasteiger partial charge on any atom is 0.294 e. The Balaban J connectivity index is 0.000000537. The van der Waals surface area contributed by atoms with Crippen LogP contribution in [0.1, 0.15) is 66.8 Å². The highest BCUT2D eigenvalue weighted by Gasteiger charge is 2.49. The van der Waals surface area contributed by atoms with Crippen LogP contribution in [0.15, 0.2) is 83.8 Å². The van der Waals surface area contributed by atoms with Crippen molar-refractivity contribution >= 4 is 33.8 Å². The first-order valence-electron chi connectivity index (χ1n) is 14.3. The third kappa shape index (κ3) is 9.64. The molecule has 8 N–H and O–H groups in total. The summed E-state index contributed by atoms with van der Waals surface area (Å²) >= 11 is 0. The van der Waals surface area contributed by atoms with E-state index in [4.69, 9.17) is 16.1 Å². The monoisotopic (exact) mass is 638 g/mol. The molecule has 0 aliphatic rings. The van der Waals surface area contributed by atoms with Crippen LogP contribution in [-0.4, -0.2) is 41.8 Å². The number of hydrogen-bond acceptors (Lipinski definition) is 8. The smallest absolute Gasteiger partial charge is 0.294 e. The Labute approximate surface area is 264 Å². The maximum atomic E-state index is 13.4. The molecule has 0 bridgehead atoms. The third-order valence-electron chi connectivity index (χ3n) is 7.25. The first kappa shape index (κ1) is 37.0. The standard InChI is InChI=1S/C26H34N4O4.C7H8O3S/c1-4-15-26(25(33)29-28,23(31)18(3)27)22-14-13-17(2)16-21(22)20(24(32)30-34)12-8-11-19-9-6-5-7-10-19;1-6-2-4-7(5-3-6)11(8,9)10/h5-11,13-14,16,18,20,34H,4,12,15,27-28H2,1-3H3,(H,29,33)(H,30,32);2-5H,1H3,(H,8,9,10)/b11-8+;/t18-,20-,26+;/m0./s1. The van der Waals surface area contributed by atoms with E-state index in [9.17, 15) is 28.0 Å². The van der Waals surface area contributed by atoms with Crippen LogP contribution in [0, 0.1) is 13.8 Å². The van der Waals surface area contributed by atoms with Crippen molar-refractivity contribution in [2.24, 2.45) is 11.6 Å². The van der Waals surface area contributed by atoms with Crippen molar-refractivity contribution in [2.75, 3.05) is 0 Å². The number of nitrogens with one attached hydrogen (secondary N) is 2. The van der Waals surface area contributed by atoms with Gasteiger partial charge >= 0.3 is 0 Å². The van der Waals surface area contributed by atoms with Crippen LogP contribution in [0.3, 0.4) is 0 Å². The largest absolute Gasteiger partial charge is 0.322 e.